The molecule has 136 valence electrons. The number of hydrogen-bond acceptors (Lipinski definition) is 5. The van der Waals surface area contributed by atoms with Gasteiger partial charge in [-0.1, -0.05) is 6.92 Å². The Kier molecular flexibility index (Phi) is 4.75. The second-order valence-corrected chi connectivity index (χ2v) is 6.15. The van der Waals surface area contributed by atoms with Crippen molar-refractivity contribution in [1.82, 2.24) is 20.1 Å². The molecule has 8 nitrogen and oxygen atoms in total. The maximum atomic E-state index is 12.6. The average Bonchev–Trinajstić information content (AvgIpc) is 3.25. The van der Waals surface area contributed by atoms with Gasteiger partial charge in [0.2, 0.25) is 5.76 Å². The van der Waals surface area contributed by atoms with Gasteiger partial charge in [-0.25, -0.2) is 14.5 Å². The van der Waals surface area contributed by atoms with Gasteiger partial charge in [-0.05, 0) is 38.5 Å². The van der Waals surface area contributed by atoms with Crippen LogP contribution in [0, 0.1) is 6.92 Å². The van der Waals surface area contributed by atoms with Crippen LogP contribution in [0.4, 0.5) is 0 Å². The van der Waals surface area contributed by atoms with Crippen LogP contribution in [-0.2, 0) is 6.54 Å². The minimum atomic E-state index is -1.15. The van der Waals surface area contributed by atoms with E-state index in [9.17, 15) is 9.59 Å². The summed E-state index contributed by atoms with van der Waals surface area (Å²) >= 11 is 0. The third-order valence-electron chi connectivity index (χ3n) is 4.24. The number of aryl methyl sites for hydroxylation is 1. The lowest BCUT2D eigenvalue weighted by atomic mass is 10.1. The van der Waals surface area contributed by atoms with E-state index in [4.69, 9.17) is 9.52 Å². The van der Waals surface area contributed by atoms with Gasteiger partial charge in [0.05, 0.1) is 29.7 Å². The maximum Gasteiger partial charge on any atom is 0.371 e. The molecule has 3 heterocycles. The molecule has 3 aromatic rings. The highest BCUT2D eigenvalue weighted by Crippen LogP contribution is 2.22. The molecule has 0 spiro atoms. The first-order valence-corrected chi connectivity index (χ1v) is 8.35. The molecule has 0 saturated carbocycles. The zero-order valence-corrected chi connectivity index (χ0v) is 14.8. The number of amides is 1. The standard InChI is InChI=1S/C18H20N4O4/c1-4-11(3)22-16-14(9-20-22)13(7-10(2)21-16)17(23)19-8-12-5-6-15(26-12)18(24)25/h5-7,9,11H,4,8H2,1-3H3,(H,19,23)(H,24,25). The van der Waals surface area contributed by atoms with Crippen LogP contribution in [0.2, 0.25) is 0 Å². The SMILES string of the molecule is CCC(C)n1ncc2c(C(=O)NCc3ccc(C(=O)O)o3)cc(C)nc21. The smallest absolute Gasteiger partial charge is 0.371 e. The van der Waals surface area contributed by atoms with E-state index in [1.54, 1.807) is 12.3 Å². The third kappa shape index (κ3) is 3.30. The van der Waals surface area contributed by atoms with Crippen LogP contribution < -0.4 is 5.32 Å². The molecule has 0 radical (unpaired) electrons. The van der Waals surface area contributed by atoms with Gasteiger partial charge in [0.1, 0.15) is 5.76 Å². The van der Waals surface area contributed by atoms with E-state index < -0.39 is 5.97 Å². The summed E-state index contributed by atoms with van der Waals surface area (Å²) in [5.74, 6) is -1.23. The molecule has 0 aromatic carbocycles. The summed E-state index contributed by atoms with van der Waals surface area (Å²) in [7, 11) is 0. The second kappa shape index (κ2) is 6.99. The van der Waals surface area contributed by atoms with Crippen LogP contribution in [0.5, 0.6) is 0 Å². The van der Waals surface area contributed by atoms with Crippen molar-refractivity contribution >= 4 is 22.9 Å². The monoisotopic (exact) mass is 356 g/mol. The number of furan rings is 1. The molecule has 0 aliphatic rings. The number of carboxylic acids is 1. The van der Waals surface area contributed by atoms with Crippen molar-refractivity contribution < 1.29 is 19.1 Å². The molecule has 8 heteroatoms. The van der Waals surface area contributed by atoms with E-state index in [0.717, 1.165) is 12.1 Å². The number of nitrogens with one attached hydrogen (secondary N) is 1. The number of aromatic carboxylic acids is 1. The van der Waals surface area contributed by atoms with Crippen LogP contribution in [0.1, 0.15) is 58.7 Å². The Labute approximate surface area is 149 Å². The molecule has 3 rings (SSSR count). The van der Waals surface area contributed by atoms with Gasteiger partial charge in [0.25, 0.3) is 5.91 Å². The van der Waals surface area contributed by atoms with Gasteiger partial charge >= 0.3 is 5.97 Å². The molecule has 1 amide bonds. The molecule has 0 saturated heterocycles. The number of fused-ring (bicyclic) bond motifs is 1. The molecule has 0 aliphatic heterocycles. The summed E-state index contributed by atoms with van der Waals surface area (Å²) in [6.07, 6.45) is 2.55. The van der Waals surface area contributed by atoms with E-state index in [-0.39, 0.29) is 24.3 Å². The normalized spacial score (nSPS) is 12.3. The number of aromatic nitrogens is 3. The topological polar surface area (TPSA) is 110 Å². The van der Waals surface area contributed by atoms with Crippen LogP contribution in [0.15, 0.2) is 28.8 Å². The highest BCUT2D eigenvalue weighted by atomic mass is 16.4. The summed E-state index contributed by atoms with van der Waals surface area (Å²) in [4.78, 5) is 28.0. The fourth-order valence-corrected chi connectivity index (χ4v) is 2.68. The molecule has 3 aromatic heterocycles. The molecule has 2 N–H and O–H groups in total. The highest BCUT2D eigenvalue weighted by Gasteiger charge is 2.18. The van der Waals surface area contributed by atoms with Crippen molar-refractivity contribution in [2.45, 2.75) is 39.8 Å². The van der Waals surface area contributed by atoms with Crippen molar-refractivity contribution in [3.63, 3.8) is 0 Å². The molecule has 1 atom stereocenters. The van der Waals surface area contributed by atoms with Gasteiger partial charge in [0, 0.05) is 5.69 Å². The number of carbonyl (C=O) groups is 2. The third-order valence-corrected chi connectivity index (χ3v) is 4.24. The lowest BCUT2D eigenvalue weighted by Crippen LogP contribution is -2.23. The van der Waals surface area contributed by atoms with Gasteiger partial charge < -0.3 is 14.8 Å². The number of pyridine rings is 1. The van der Waals surface area contributed by atoms with Gasteiger partial charge in [-0.2, -0.15) is 5.10 Å². The quantitative estimate of drug-likeness (QED) is 0.702. The lowest BCUT2D eigenvalue weighted by Gasteiger charge is -2.11. The summed E-state index contributed by atoms with van der Waals surface area (Å²) in [6.45, 7) is 6.04. The van der Waals surface area contributed by atoms with Crippen molar-refractivity contribution in [3.05, 3.63) is 47.2 Å². The molecular weight excluding hydrogens is 336 g/mol. The molecule has 0 bridgehead atoms. The fraction of sp³-hybridized carbons (Fsp3) is 0.333. The van der Waals surface area contributed by atoms with Crippen LogP contribution in [0.3, 0.4) is 0 Å². The van der Waals surface area contributed by atoms with Crippen molar-refractivity contribution in [1.29, 1.82) is 0 Å². The Hall–Kier alpha value is -3.16. The number of carbonyl (C=O) groups excluding carboxylic acids is 1. The Bertz CT molecular complexity index is 973. The van der Waals surface area contributed by atoms with Gasteiger partial charge in [-0.15, -0.1) is 0 Å². The Balaban J connectivity index is 1.85. The van der Waals surface area contributed by atoms with E-state index in [2.05, 4.69) is 22.3 Å². The first-order chi connectivity index (χ1) is 12.4. The predicted molar refractivity (Wildman–Crippen MR) is 94.1 cm³/mol. The zero-order valence-electron chi connectivity index (χ0n) is 14.8. The highest BCUT2D eigenvalue weighted by molar-refractivity contribution is 6.05. The van der Waals surface area contributed by atoms with E-state index in [1.165, 1.54) is 12.1 Å². The van der Waals surface area contributed by atoms with Gasteiger partial charge in [0.15, 0.2) is 5.65 Å². The molecule has 26 heavy (non-hydrogen) atoms. The number of hydrogen-bond donors (Lipinski definition) is 2. The van der Waals surface area contributed by atoms with Crippen molar-refractivity contribution in [2.75, 3.05) is 0 Å². The van der Waals surface area contributed by atoms with Gasteiger partial charge in [-0.3, -0.25) is 4.79 Å². The first kappa shape index (κ1) is 17.7. The van der Waals surface area contributed by atoms with E-state index in [0.29, 0.717) is 22.4 Å². The average molecular weight is 356 g/mol. The predicted octanol–water partition coefficient (Wildman–Crippen LogP) is 2.93. The Morgan fingerprint density at radius 2 is 2.15 bits per heavy atom. The fourth-order valence-electron chi connectivity index (χ4n) is 2.68. The number of rotatable bonds is 6. The number of carboxylic acid groups (broad SMARTS) is 1. The zero-order chi connectivity index (χ0) is 18.8. The van der Waals surface area contributed by atoms with Crippen LogP contribution in [-0.4, -0.2) is 31.7 Å². The largest absolute Gasteiger partial charge is 0.475 e. The molecule has 1 unspecified atom stereocenters. The Morgan fingerprint density at radius 3 is 2.81 bits per heavy atom. The van der Waals surface area contributed by atoms with E-state index >= 15 is 0 Å². The lowest BCUT2D eigenvalue weighted by molar-refractivity contribution is 0.0660. The Morgan fingerprint density at radius 1 is 1.38 bits per heavy atom. The molecule has 0 aliphatic carbocycles. The number of nitrogens with zero attached hydrogens (tertiary/aromatic N) is 3. The minimum absolute atomic E-state index is 0.0917. The maximum absolute atomic E-state index is 12.6. The second-order valence-electron chi connectivity index (χ2n) is 6.15. The summed E-state index contributed by atoms with van der Waals surface area (Å²) in [6, 6.07) is 4.77. The van der Waals surface area contributed by atoms with Crippen molar-refractivity contribution in [2.24, 2.45) is 0 Å². The molecular formula is C18H20N4O4. The summed E-state index contributed by atoms with van der Waals surface area (Å²) in [5, 5.41) is 16.7. The van der Waals surface area contributed by atoms with E-state index in [1.807, 2.05) is 18.5 Å². The van der Waals surface area contributed by atoms with Crippen LogP contribution >= 0.6 is 0 Å². The van der Waals surface area contributed by atoms with Crippen molar-refractivity contribution in [3.8, 4) is 0 Å². The summed E-state index contributed by atoms with van der Waals surface area (Å²) in [5.41, 5.74) is 1.88. The summed E-state index contributed by atoms with van der Waals surface area (Å²) < 4.78 is 6.97. The van der Waals surface area contributed by atoms with Crippen LogP contribution in [0.25, 0.3) is 11.0 Å². The minimum Gasteiger partial charge on any atom is -0.475 e. The first-order valence-electron chi connectivity index (χ1n) is 8.35. The molecule has 0 fully saturated rings.